The molecule has 4 heterocycles. The molecule has 3 saturated heterocycles. The van der Waals surface area contributed by atoms with Crippen LogP contribution in [0.1, 0.15) is 66.7 Å². The Balaban J connectivity index is 1.45. The van der Waals surface area contributed by atoms with Crippen molar-refractivity contribution in [3.05, 3.63) is 24.4 Å². The van der Waals surface area contributed by atoms with E-state index >= 15 is 0 Å². The zero-order valence-corrected chi connectivity index (χ0v) is 20.3. The average Bonchev–Trinajstić information content (AvgIpc) is 2.72. The lowest BCUT2D eigenvalue weighted by atomic mass is 9.72. The summed E-state index contributed by atoms with van der Waals surface area (Å²) in [5, 5.41) is 0.828. The van der Waals surface area contributed by atoms with Gasteiger partial charge < -0.3 is 14.2 Å². The lowest BCUT2D eigenvalue weighted by Crippen LogP contribution is -2.59. The van der Waals surface area contributed by atoms with Crippen molar-refractivity contribution in [2.24, 2.45) is 29.6 Å². The number of nitrogens with zero attached hydrogens (tertiary/aromatic N) is 1. The Hall–Kier alpha value is -0.950. The summed E-state index contributed by atoms with van der Waals surface area (Å²) in [6.45, 7) is 11.2. The second kappa shape index (κ2) is 9.50. The van der Waals surface area contributed by atoms with Gasteiger partial charge in [0.05, 0.1) is 12.2 Å². The first-order valence-electron chi connectivity index (χ1n) is 11.9. The van der Waals surface area contributed by atoms with E-state index in [0.717, 1.165) is 30.7 Å². The van der Waals surface area contributed by atoms with Gasteiger partial charge in [-0.1, -0.05) is 40.2 Å². The number of fused-ring (bicyclic) bond motifs is 1. The smallest absolute Gasteiger partial charge is 0.197 e. The van der Waals surface area contributed by atoms with Crippen molar-refractivity contribution in [3.63, 3.8) is 0 Å². The van der Waals surface area contributed by atoms with Gasteiger partial charge in [0, 0.05) is 31.4 Å². The molecule has 3 aliphatic rings. The van der Waals surface area contributed by atoms with Gasteiger partial charge in [0.25, 0.3) is 0 Å². The van der Waals surface area contributed by atoms with Gasteiger partial charge in [0.15, 0.2) is 17.2 Å². The molecule has 0 N–H and O–H groups in total. The lowest BCUT2D eigenvalue weighted by molar-refractivity contribution is -0.402. The number of ether oxygens (including phenoxy) is 3. The molecule has 1 aromatic rings. The summed E-state index contributed by atoms with van der Waals surface area (Å²) in [5.41, 5.74) is 0. The minimum absolute atomic E-state index is 0.0925. The summed E-state index contributed by atoms with van der Waals surface area (Å²) in [6.07, 6.45) is 5.97. The number of hydrogen-bond donors (Lipinski definition) is 0. The van der Waals surface area contributed by atoms with E-state index in [4.69, 9.17) is 14.2 Å². The average molecular weight is 448 g/mol. The molecular weight excluding hydrogens is 410 g/mol. The van der Waals surface area contributed by atoms with E-state index in [2.05, 4.69) is 39.6 Å². The van der Waals surface area contributed by atoms with Crippen molar-refractivity contribution in [2.45, 2.75) is 96.0 Å². The Bertz CT molecular complexity index is 761. The van der Waals surface area contributed by atoms with Crippen molar-refractivity contribution in [2.75, 3.05) is 0 Å². The first kappa shape index (κ1) is 23.2. The maximum Gasteiger partial charge on any atom is 0.197 e. The van der Waals surface area contributed by atoms with Crippen LogP contribution in [0.3, 0.4) is 0 Å². The number of carbonyl (C=O) groups excluding carboxylic acids is 1. The molecule has 0 bridgehead atoms. The Morgan fingerprint density at radius 2 is 1.94 bits per heavy atom. The van der Waals surface area contributed by atoms with Crippen LogP contribution in [-0.2, 0) is 19.0 Å². The first-order valence-corrected chi connectivity index (χ1v) is 12.7. The van der Waals surface area contributed by atoms with Crippen LogP contribution in [0, 0.1) is 29.6 Å². The summed E-state index contributed by atoms with van der Waals surface area (Å²) >= 11 is 1.20. The van der Waals surface area contributed by atoms with Crippen molar-refractivity contribution in [1.29, 1.82) is 0 Å². The summed E-state index contributed by atoms with van der Waals surface area (Å²) in [4.78, 5) is 17.1. The predicted octanol–water partition coefficient (Wildman–Crippen LogP) is 5.68. The number of thioether (sulfide) groups is 1. The van der Waals surface area contributed by atoms with Gasteiger partial charge >= 0.3 is 0 Å². The Morgan fingerprint density at radius 3 is 2.65 bits per heavy atom. The van der Waals surface area contributed by atoms with E-state index in [1.807, 2.05) is 18.2 Å². The minimum atomic E-state index is -0.647. The zero-order valence-electron chi connectivity index (χ0n) is 19.5. The van der Waals surface area contributed by atoms with Gasteiger partial charge in [-0.15, -0.1) is 0 Å². The van der Waals surface area contributed by atoms with E-state index in [0.29, 0.717) is 36.0 Å². The predicted molar refractivity (Wildman–Crippen MR) is 121 cm³/mol. The topological polar surface area (TPSA) is 57.7 Å². The largest absolute Gasteiger partial charge is 0.349 e. The van der Waals surface area contributed by atoms with Crippen LogP contribution in [0.25, 0.3) is 0 Å². The van der Waals surface area contributed by atoms with Gasteiger partial charge in [-0.3, -0.25) is 4.79 Å². The van der Waals surface area contributed by atoms with E-state index in [9.17, 15) is 4.79 Å². The fourth-order valence-corrected chi connectivity index (χ4v) is 6.47. The fourth-order valence-electron chi connectivity index (χ4n) is 5.73. The maximum atomic E-state index is 12.8. The third-order valence-corrected chi connectivity index (χ3v) is 8.71. The van der Waals surface area contributed by atoms with Gasteiger partial charge in [0.2, 0.25) is 0 Å². The van der Waals surface area contributed by atoms with E-state index in [1.54, 1.807) is 6.20 Å². The third-order valence-electron chi connectivity index (χ3n) is 7.86. The Kier molecular flexibility index (Phi) is 7.11. The normalized spacial score (nSPS) is 42.9. The van der Waals surface area contributed by atoms with Gasteiger partial charge in [-0.2, -0.15) is 0 Å². The molecule has 1 spiro atoms. The molecule has 9 atom stereocenters. The molecule has 172 valence electrons. The molecule has 0 saturated carbocycles. The molecule has 6 heteroatoms. The fraction of sp³-hybridized carbons (Fsp3) is 0.760. The standard InChI is InChI=1S/C25H37NO4S/c1-6-19-11-20-16(3)14-25(30-24(20)28-18(19)5)13-15(2)17(4)21(29-25)12-23(27)31-22-9-7-8-10-26-22/h7-10,15-21,24H,6,11-14H2,1-5H3/t15-,16-,17-,18-,19-,20-,21-,24+,25+/m0/s1. The lowest BCUT2D eigenvalue weighted by Gasteiger charge is -2.55. The van der Waals surface area contributed by atoms with E-state index in [-0.39, 0.29) is 23.6 Å². The van der Waals surface area contributed by atoms with Crippen molar-refractivity contribution in [3.8, 4) is 0 Å². The molecule has 4 rings (SSSR count). The molecule has 31 heavy (non-hydrogen) atoms. The van der Waals surface area contributed by atoms with Crippen LogP contribution in [0.5, 0.6) is 0 Å². The highest BCUT2D eigenvalue weighted by Gasteiger charge is 2.54. The molecule has 1 aromatic heterocycles. The van der Waals surface area contributed by atoms with E-state index in [1.165, 1.54) is 11.8 Å². The van der Waals surface area contributed by atoms with Crippen LogP contribution in [0.2, 0.25) is 0 Å². The molecule has 0 aromatic carbocycles. The summed E-state index contributed by atoms with van der Waals surface area (Å²) in [5.74, 6) is 1.56. The summed E-state index contributed by atoms with van der Waals surface area (Å²) in [6, 6.07) is 5.63. The van der Waals surface area contributed by atoms with Crippen LogP contribution in [0.4, 0.5) is 0 Å². The molecule has 3 aliphatic heterocycles. The SMILES string of the molecule is CC[C@H]1C[C@@H]2[C@H](O[C@H]1C)O[C@]1(C[C@H](C)[C@H](C)[C@H](CC(=O)Sc3ccccn3)O1)C[C@@H]2C. The van der Waals surface area contributed by atoms with Gasteiger partial charge in [-0.25, -0.2) is 4.98 Å². The van der Waals surface area contributed by atoms with Crippen molar-refractivity contribution in [1.82, 2.24) is 4.98 Å². The monoisotopic (exact) mass is 447 g/mol. The molecule has 5 nitrogen and oxygen atoms in total. The molecule has 0 radical (unpaired) electrons. The maximum absolute atomic E-state index is 12.8. The third kappa shape index (κ3) is 5.02. The van der Waals surface area contributed by atoms with Gasteiger partial charge in [-0.05, 0) is 60.9 Å². The highest BCUT2D eigenvalue weighted by molar-refractivity contribution is 8.13. The number of hydrogen-bond acceptors (Lipinski definition) is 6. The quantitative estimate of drug-likeness (QED) is 0.553. The van der Waals surface area contributed by atoms with Crippen LogP contribution >= 0.6 is 11.8 Å². The van der Waals surface area contributed by atoms with E-state index < -0.39 is 5.79 Å². The number of carbonyl (C=O) groups is 1. The molecular formula is C25H37NO4S. The van der Waals surface area contributed by atoms with Crippen molar-refractivity contribution >= 4 is 16.9 Å². The molecule has 0 amide bonds. The second-order valence-corrected chi connectivity index (χ2v) is 11.1. The number of rotatable bonds is 4. The highest BCUT2D eigenvalue weighted by Crippen LogP contribution is 2.51. The summed E-state index contributed by atoms with van der Waals surface area (Å²) < 4.78 is 19.7. The Morgan fingerprint density at radius 1 is 1.16 bits per heavy atom. The number of pyridine rings is 1. The second-order valence-electron chi connectivity index (χ2n) is 10.0. The van der Waals surface area contributed by atoms with Crippen LogP contribution in [-0.4, -0.2) is 34.4 Å². The minimum Gasteiger partial charge on any atom is -0.349 e. The molecule has 0 aliphatic carbocycles. The highest BCUT2D eigenvalue weighted by atomic mass is 32.2. The van der Waals surface area contributed by atoms with Gasteiger partial charge in [0.1, 0.15) is 5.03 Å². The Labute approximate surface area is 191 Å². The molecule has 3 fully saturated rings. The first-order chi connectivity index (χ1) is 14.8. The van der Waals surface area contributed by atoms with Crippen LogP contribution in [0.15, 0.2) is 29.4 Å². The molecule has 0 unspecified atom stereocenters. The zero-order chi connectivity index (χ0) is 22.2. The summed E-state index contributed by atoms with van der Waals surface area (Å²) in [7, 11) is 0. The number of aromatic nitrogens is 1. The van der Waals surface area contributed by atoms with Crippen molar-refractivity contribution < 1.29 is 19.0 Å². The van der Waals surface area contributed by atoms with Crippen LogP contribution < -0.4 is 0 Å².